The van der Waals surface area contributed by atoms with Crippen molar-refractivity contribution in [2.75, 3.05) is 0 Å². The average molecular weight is 244 g/mol. The predicted molar refractivity (Wildman–Crippen MR) is 72.9 cm³/mol. The van der Waals surface area contributed by atoms with Gasteiger partial charge < -0.3 is 0 Å². The summed E-state index contributed by atoms with van der Waals surface area (Å²) in [6.45, 7) is 4.28. The van der Waals surface area contributed by atoms with Crippen molar-refractivity contribution < 1.29 is 4.79 Å². The van der Waals surface area contributed by atoms with Crippen molar-refractivity contribution in [3.8, 4) is 0 Å². The summed E-state index contributed by atoms with van der Waals surface area (Å²) in [5.41, 5.74) is 4.22. The van der Waals surface area contributed by atoms with E-state index in [0.29, 0.717) is 0 Å². The molecule has 0 N–H and O–H groups in total. The topological polar surface area (TPSA) is 17.1 Å². The van der Waals surface area contributed by atoms with Gasteiger partial charge in [-0.25, -0.2) is 0 Å². The van der Waals surface area contributed by atoms with E-state index >= 15 is 0 Å². The Kier molecular flexibility index (Phi) is 3.75. The Morgan fingerprint density at radius 2 is 1.82 bits per heavy atom. The second-order valence-electron chi connectivity index (χ2n) is 4.03. The van der Waals surface area contributed by atoms with E-state index in [1.165, 1.54) is 11.1 Å². The third-order valence-corrected chi connectivity index (χ3v) is 3.70. The van der Waals surface area contributed by atoms with Crippen LogP contribution in [0.5, 0.6) is 0 Å². The number of carbonyl (C=O) groups is 1. The number of carbonyl (C=O) groups excluding carboxylic acids is 1. The molecular formula is C15H16OS. The van der Waals surface area contributed by atoms with E-state index in [-0.39, 0.29) is 5.78 Å². The van der Waals surface area contributed by atoms with E-state index in [4.69, 9.17) is 0 Å². The highest BCUT2D eigenvalue weighted by Crippen LogP contribution is 2.18. The molecule has 17 heavy (non-hydrogen) atoms. The van der Waals surface area contributed by atoms with E-state index in [9.17, 15) is 4.79 Å². The second kappa shape index (κ2) is 5.28. The van der Waals surface area contributed by atoms with Crippen molar-refractivity contribution >= 4 is 17.1 Å². The van der Waals surface area contributed by atoms with Gasteiger partial charge in [-0.3, -0.25) is 4.79 Å². The fourth-order valence-electron chi connectivity index (χ4n) is 2.00. The Hall–Kier alpha value is -1.41. The van der Waals surface area contributed by atoms with Gasteiger partial charge >= 0.3 is 0 Å². The van der Waals surface area contributed by atoms with Gasteiger partial charge in [-0.1, -0.05) is 26.0 Å². The zero-order chi connectivity index (χ0) is 12.3. The number of aryl methyl sites for hydroxylation is 2. The van der Waals surface area contributed by atoms with E-state index in [0.717, 1.165) is 24.0 Å². The first kappa shape index (κ1) is 12.1. The fourth-order valence-corrected chi connectivity index (χ4v) is 2.64. The van der Waals surface area contributed by atoms with Crippen LogP contribution < -0.4 is 0 Å². The molecule has 1 aromatic heterocycles. The molecule has 0 spiro atoms. The Morgan fingerprint density at radius 1 is 1.06 bits per heavy atom. The maximum absolute atomic E-state index is 12.2. The highest BCUT2D eigenvalue weighted by Gasteiger charge is 2.10. The van der Waals surface area contributed by atoms with Gasteiger partial charge in [0.05, 0.1) is 0 Å². The lowest BCUT2D eigenvalue weighted by atomic mass is 9.97. The van der Waals surface area contributed by atoms with Gasteiger partial charge in [-0.05, 0) is 41.5 Å². The van der Waals surface area contributed by atoms with Gasteiger partial charge in [-0.15, -0.1) is 0 Å². The molecule has 0 aliphatic heterocycles. The van der Waals surface area contributed by atoms with Crippen LogP contribution in [0.25, 0.3) is 0 Å². The van der Waals surface area contributed by atoms with Gasteiger partial charge in [0.1, 0.15) is 0 Å². The molecule has 0 unspecified atom stereocenters. The summed E-state index contributed by atoms with van der Waals surface area (Å²) in [6, 6.07) is 7.95. The lowest BCUT2D eigenvalue weighted by Gasteiger charge is -2.07. The molecular weight excluding hydrogens is 228 g/mol. The summed E-state index contributed by atoms with van der Waals surface area (Å²) in [4.78, 5) is 12.2. The van der Waals surface area contributed by atoms with Crippen LogP contribution in [0.3, 0.4) is 0 Å². The van der Waals surface area contributed by atoms with Crippen molar-refractivity contribution in [2.45, 2.75) is 26.7 Å². The summed E-state index contributed by atoms with van der Waals surface area (Å²) in [5.74, 6) is 0.128. The van der Waals surface area contributed by atoms with E-state index in [1.807, 2.05) is 29.0 Å². The van der Waals surface area contributed by atoms with Gasteiger partial charge in [0, 0.05) is 16.5 Å². The van der Waals surface area contributed by atoms with Crippen LogP contribution in [-0.2, 0) is 12.8 Å². The third kappa shape index (κ3) is 2.47. The van der Waals surface area contributed by atoms with Crippen LogP contribution in [0.15, 0.2) is 35.0 Å². The minimum Gasteiger partial charge on any atom is -0.289 e. The predicted octanol–water partition coefficient (Wildman–Crippen LogP) is 4.10. The smallest absolute Gasteiger partial charge is 0.193 e. The molecule has 1 aromatic carbocycles. The molecule has 0 bridgehead atoms. The standard InChI is InChI=1S/C15H16OS/c1-3-11-5-6-13(9-12(11)4-2)15(16)14-7-8-17-10-14/h5-10H,3-4H2,1-2H3. The number of hydrogen-bond acceptors (Lipinski definition) is 2. The van der Waals surface area contributed by atoms with Crippen LogP contribution in [0.2, 0.25) is 0 Å². The average Bonchev–Trinajstić information content (AvgIpc) is 2.90. The first-order chi connectivity index (χ1) is 8.26. The summed E-state index contributed by atoms with van der Waals surface area (Å²) < 4.78 is 0. The number of ketones is 1. The Bertz CT molecular complexity index is 512. The van der Waals surface area contributed by atoms with Crippen LogP contribution in [0, 0.1) is 0 Å². The molecule has 1 heterocycles. The molecule has 0 atom stereocenters. The fraction of sp³-hybridized carbons (Fsp3) is 0.267. The second-order valence-corrected chi connectivity index (χ2v) is 4.81. The zero-order valence-corrected chi connectivity index (χ0v) is 11.0. The molecule has 2 rings (SSSR count). The minimum atomic E-state index is 0.128. The number of hydrogen-bond donors (Lipinski definition) is 0. The molecule has 0 amide bonds. The van der Waals surface area contributed by atoms with Crippen molar-refractivity contribution in [1.29, 1.82) is 0 Å². The maximum atomic E-state index is 12.2. The quantitative estimate of drug-likeness (QED) is 0.740. The van der Waals surface area contributed by atoms with Crippen LogP contribution in [-0.4, -0.2) is 5.78 Å². The molecule has 0 aliphatic rings. The van der Waals surface area contributed by atoms with E-state index in [2.05, 4.69) is 19.9 Å². The van der Waals surface area contributed by atoms with E-state index in [1.54, 1.807) is 11.3 Å². The normalized spacial score (nSPS) is 10.5. The number of benzene rings is 1. The molecule has 0 saturated carbocycles. The van der Waals surface area contributed by atoms with Crippen molar-refractivity contribution in [3.63, 3.8) is 0 Å². The third-order valence-electron chi connectivity index (χ3n) is 3.01. The first-order valence-electron chi connectivity index (χ1n) is 5.95. The molecule has 88 valence electrons. The molecule has 0 fully saturated rings. The lowest BCUT2D eigenvalue weighted by molar-refractivity contribution is 0.103. The van der Waals surface area contributed by atoms with Crippen molar-refractivity contribution in [2.24, 2.45) is 0 Å². The van der Waals surface area contributed by atoms with Crippen molar-refractivity contribution in [1.82, 2.24) is 0 Å². The molecule has 2 heteroatoms. The first-order valence-corrected chi connectivity index (χ1v) is 6.89. The Balaban J connectivity index is 2.37. The molecule has 0 aliphatic carbocycles. The summed E-state index contributed by atoms with van der Waals surface area (Å²) in [5, 5.41) is 3.84. The highest BCUT2D eigenvalue weighted by atomic mass is 32.1. The minimum absolute atomic E-state index is 0.128. The van der Waals surface area contributed by atoms with E-state index < -0.39 is 0 Å². The SMILES string of the molecule is CCc1ccc(C(=O)c2ccsc2)cc1CC. The Labute approximate surface area is 106 Å². The largest absolute Gasteiger partial charge is 0.289 e. The van der Waals surface area contributed by atoms with Crippen LogP contribution in [0.1, 0.15) is 40.9 Å². The molecule has 0 saturated heterocycles. The number of rotatable bonds is 4. The van der Waals surface area contributed by atoms with Gasteiger partial charge in [-0.2, -0.15) is 11.3 Å². The van der Waals surface area contributed by atoms with Gasteiger partial charge in [0.2, 0.25) is 0 Å². The maximum Gasteiger partial charge on any atom is 0.193 e. The summed E-state index contributed by atoms with van der Waals surface area (Å²) in [6.07, 6.45) is 2.00. The van der Waals surface area contributed by atoms with Crippen LogP contribution in [0.4, 0.5) is 0 Å². The van der Waals surface area contributed by atoms with Crippen molar-refractivity contribution in [3.05, 3.63) is 57.3 Å². The number of thiophene rings is 1. The van der Waals surface area contributed by atoms with Gasteiger partial charge in [0.25, 0.3) is 0 Å². The van der Waals surface area contributed by atoms with Crippen LogP contribution >= 0.6 is 11.3 Å². The Morgan fingerprint density at radius 3 is 2.41 bits per heavy atom. The summed E-state index contributed by atoms with van der Waals surface area (Å²) >= 11 is 1.56. The molecule has 0 radical (unpaired) electrons. The molecule has 2 aromatic rings. The lowest BCUT2D eigenvalue weighted by Crippen LogP contribution is -2.02. The molecule has 1 nitrogen and oxygen atoms in total. The highest BCUT2D eigenvalue weighted by molar-refractivity contribution is 7.08. The zero-order valence-electron chi connectivity index (χ0n) is 10.2. The van der Waals surface area contributed by atoms with Gasteiger partial charge in [0.15, 0.2) is 5.78 Å². The monoisotopic (exact) mass is 244 g/mol. The summed E-state index contributed by atoms with van der Waals surface area (Å²) in [7, 11) is 0.